The second-order valence-corrected chi connectivity index (χ2v) is 3.17. The Morgan fingerprint density at radius 1 is 1.50 bits per heavy atom. The van der Waals surface area contributed by atoms with Crippen LogP contribution in [0.1, 0.15) is 19.3 Å². The highest BCUT2D eigenvalue weighted by Gasteiger charge is 2.15. The van der Waals surface area contributed by atoms with Gasteiger partial charge in [-0.2, -0.15) is 0 Å². The lowest BCUT2D eigenvalue weighted by Gasteiger charge is -2.03. The molecule has 1 aliphatic carbocycles. The van der Waals surface area contributed by atoms with E-state index >= 15 is 0 Å². The van der Waals surface area contributed by atoms with Crippen LogP contribution in [0.4, 0.5) is 0 Å². The maximum absolute atomic E-state index is 3.63. The van der Waals surface area contributed by atoms with Gasteiger partial charge >= 0.3 is 0 Å². The van der Waals surface area contributed by atoms with Crippen LogP contribution in [0.2, 0.25) is 0 Å². The molecule has 1 aliphatic rings. The molecule has 12 heavy (non-hydrogen) atoms. The Bertz CT molecular complexity index is 201. The molecule has 0 radical (unpaired) electrons. The lowest BCUT2D eigenvalue weighted by Crippen LogP contribution is -2.20. The summed E-state index contributed by atoms with van der Waals surface area (Å²) >= 11 is 0. The van der Waals surface area contributed by atoms with Gasteiger partial charge in [0.25, 0.3) is 0 Å². The zero-order valence-corrected chi connectivity index (χ0v) is 7.72. The lowest BCUT2D eigenvalue weighted by atomic mass is 10.2. The van der Waals surface area contributed by atoms with E-state index in [0.717, 1.165) is 0 Å². The van der Waals surface area contributed by atoms with Gasteiger partial charge in [0.15, 0.2) is 0 Å². The Balaban J connectivity index is 2.40. The van der Waals surface area contributed by atoms with Gasteiger partial charge in [-0.3, -0.25) is 0 Å². The second-order valence-electron chi connectivity index (χ2n) is 3.17. The van der Waals surface area contributed by atoms with Gasteiger partial charge in [-0.1, -0.05) is 36.5 Å². The van der Waals surface area contributed by atoms with Crippen molar-refractivity contribution in [2.45, 2.75) is 25.3 Å². The fourth-order valence-electron chi connectivity index (χ4n) is 1.55. The minimum Gasteiger partial charge on any atom is -0.317 e. The van der Waals surface area contributed by atoms with Crippen molar-refractivity contribution in [3.8, 4) is 0 Å². The van der Waals surface area contributed by atoms with Crippen molar-refractivity contribution < 1.29 is 0 Å². The number of allylic oxidation sites excluding steroid dienone is 4. The molecule has 0 aromatic heterocycles. The quantitative estimate of drug-likeness (QED) is 0.630. The van der Waals surface area contributed by atoms with Crippen molar-refractivity contribution in [1.82, 2.24) is 5.32 Å². The van der Waals surface area contributed by atoms with Gasteiger partial charge in [0.2, 0.25) is 0 Å². The van der Waals surface area contributed by atoms with Crippen molar-refractivity contribution >= 4 is 0 Å². The maximum atomic E-state index is 3.63. The van der Waals surface area contributed by atoms with Crippen molar-refractivity contribution in [2.24, 2.45) is 0 Å². The van der Waals surface area contributed by atoms with E-state index in [0.29, 0.717) is 6.04 Å². The Labute approximate surface area is 74.9 Å². The van der Waals surface area contributed by atoms with Gasteiger partial charge < -0.3 is 5.32 Å². The Kier molecular flexibility index (Phi) is 3.81. The smallest absolute Gasteiger partial charge is 0.0104 e. The molecule has 0 aliphatic heterocycles. The molecule has 66 valence electrons. The molecule has 0 amide bonds. The maximum Gasteiger partial charge on any atom is 0.0104 e. The number of hydrogen-bond donors (Lipinski definition) is 1. The fourth-order valence-corrected chi connectivity index (χ4v) is 1.55. The molecule has 0 spiro atoms. The first-order chi connectivity index (χ1) is 5.86. The molecule has 0 saturated heterocycles. The Hall–Kier alpha value is -0.820. The molecule has 1 unspecified atom stereocenters. The molecular weight excluding hydrogens is 146 g/mol. The first-order valence-electron chi connectivity index (χ1n) is 4.51. The van der Waals surface area contributed by atoms with Gasteiger partial charge in [-0.15, -0.1) is 0 Å². The highest BCUT2D eigenvalue weighted by atomic mass is 14.9. The summed E-state index contributed by atoms with van der Waals surface area (Å²) in [7, 11) is 2.03. The van der Waals surface area contributed by atoms with Crippen LogP contribution in [0.25, 0.3) is 0 Å². The minimum absolute atomic E-state index is 0.702. The summed E-state index contributed by atoms with van der Waals surface area (Å²) in [6.07, 6.45) is 11.8. The summed E-state index contributed by atoms with van der Waals surface area (Å²) in [5.41, 5.74) is 1.55. The summed E-state index contributed by atoms with van der Waals surface area (Å²) in [6, 6.07) is 0.702. The standard InChI is InChI=1S/C11H17N/c1-3-4-5-6-10-7-8-11(9-10)12-2/h3-6,11-12H,1,7-9H2,2H3/b5-4-,10-6-. The van der Waals surface area contributed by atoms with E-state index < -0.39 is 0 Å². The molecule has 1 nitrogen and oxygen atoms in total. The van der Waals surface area contributed by atoms with Gasteiger partial charge in [-0.05, 0) is 26.3 Å². The van der Waals surface area contributed by atoms with Crippen LogP contribution in [0.5, 0.6) is 0 Å². The monoisotopic (exact) mass is 163 g/mol. The van der Waals surface area contributed by atoms with E-state index in [2.05, 4.69) is 24.0 Å². The van der Waals surface area contributed by atoms with Crippen LogP contribution in [0.3, 0.4) is 0 Å². The van der Waals surface area contributed by atoms with Crippen LogP contribution in [0.15, 0.2) is 36.5 Å². The van der Waals surface area contributed by atoms with Crippen LogP contribution in [-0.4, -0.2) is 13.1 Å². The highest BCUT2D eigenvalue weighted by molar-refractivity contribution is 5.19. The molecule has 1 N–H and O–H groups in total. The Morgan fingerprint density at radius 3 is 2.92 bits per heavy atom. The largest absolute Gasteiger partial charge is 0.317 e. The van der Waals surface area contributed by atoms with Gasteiger partial charge in [0.1, 0.15) is 0 Å². The highest BCUT2D eigenvalue weighted by Crippen LogP contribution is 2.24. The summed E-state index contributed by atoms with van der Waals surface area (Å²) in [6.45, 7) is 3.63. The molecule has 0 heterocycles. The predicted molar refractivity (Wildman–Crippen MR) is 54.1 cm³/mol. The second kappa shape index (κ2) is 4.94. The van der Waals surface area contributed by atoms with E-state index in [1.54, 1.807) is 5.57 Å². The summed E-state index contributed by atoms with van der Waals surface area (Å²) in [5, 5.41) is 3.30. The molecular formula is C11H17N. The number of rotatable bonds is 3. The Morgan fingerprint density at radius 2 is 2.33 bits per heavy atom. The third-order valence-electron chi connectivity index (χ3n) is 2.31. The van der Waals surface area contributed by atoms with Crippen molar-refractivity contribution in [3.05, 3.63) is 36.5 Å². The zero-order chi connectivity index (χ0) is 8.81. The molecule has 0 bridgehead atoms. The third-order valence-corrected chi connectivity index (χ3v) is 2.31. The summed E-state index contributed by atoms with van der Waals surface area (Å²) in [4.78, 5) is 0. The van der Waals surface area contributed by atoms with E-state index in [1.807, 2.05) is 19.2 Å². The molecule has 0 aromatic carbocycles. The van der Waals surface area contributed by atoms with Crippen LogP contribution in [-0.2, 0) is 0 Å². The third kappa shape index (κ3) is 2.67. The van der Waals surface area contributed by atoms with Crippen LogP contribution < -0.4 is 5.32 Å². The van der Waals surface area contributed by atoms with Gasteiger partial charge in [0.05, 0.1) is 0 Å². The molecule has 1 atom stereocenters. The zero-order valence-electron chi connectivity index (χ0n) is 7.72. The normalized spacial score (nSPS) is 27.1. The first-order valence-corrected chi connectivity index (χ1v) is 4.51. The number of hydrogen-bond acceptors (Lipinski definition) is 1. The van der Waals surface area contributed by atoms with E-state index in [1.165, 1.54) is 19.3 Å². The fraction of sp³-hybridized carbons (Fsp3) is 0.455. The van der Waals surface area contributed by atoms with E-state index in [-0.39, 0.29) is 0 Å². The average molecular weight is 163 g/mol. The summed E-state index contributed by atoms with van der Waals surface area (Å²) < 4.78 is 0. The van der Waals surface area contributed by atoms with E-state index in [9.17, 15) is 0 Å². The van der Waals surface area contributed by atoms with Gasteiger partial charge in [-0.25, -0.2) is 0 Å². The van der Waals surface area contributed by atoms with Crippen LogP contribution >= 0.6 is 0 Å². The molecule has 1 heteroatoms. The predicted octanol–water partition coefficient (Wildman–Crippen LogP) is 2.43. The average Bonchev–Trinajstić information content (AvgIpc) is 2.53. The SMILES string of the molecule is C=C/C=C\C=C1\CCC(NC)C1. The van der Waals surface area contributed by atoms with Crippen molar-refractivity contribution in [3.63, 3.8) is 0 Å². The summed E-state index contributed by atoms with van der Waals surface area (Å²) in [5.74, 6) is 0. The number of nitrogens with one attached hydrogen (secondary N) is 1. The first kappa shape index (κ1) is 9.27. The molecule has 1 saturated carbocycles. The topological polar surface area (TPSA) is 12.0 Å². The van der Waals surface area contributed by atoms with E-state index in [4.69, 9.17) is 0 Å². The molecule has 0 aromatic rings. The minimum atomic E-state index is 0.702. The molecule has 1 fully saturated rings. The molecule has 1 rings (SSSR count). The van der Waals surface area contributed by atoms with Crippen LogP contribution in [0, 0.1) is 0 Å². The van der Waals surface area contributed by atoms with Crippen molar-refractivity contribution in [1.29, 1.82) is 0 Å². The lowest BCUT2D eigenvalue weighted by molar-refractivity contribution is 0.588. The van der Waals surface area contributed by atoms with Gasteiger partial charge in [0, 0.05) is 6.04 Å². The van der Waals surface area contributed by atoms with Crippen molar-refractivity contribution in [2.75, 3.05) is 7.05 Å².